The Morgan fingerprint density at radius 1 is 1.08 bits per heavy atom. The third kappa shape index (κ3) is 5.11. The molecule has 0 aliphatic carbocycles. The van der Waals surface area contributed by atoms with E-state index in [4.69, 9.17) is 4.74 Å². The van der Waals surface area contributed by atoms with Gasteiger partial charge in [-0.25, -0.2) is 0 Å². The quantitative estimate of drug-likeness (QED) is 0.553. The van der Waals surface area contributed by atoms with Gasteiger partial charge in [-0.1, -0.05) is 30.3 Å². The summed E-state index contributed by atoms with van der Waals surface area (Å²) in [5, 5.41) is 33.2. The van der Waals surface area contributed by atoms with Crippen LogP contribution in [0.3, 0.4) is 0 Å². The van der Waals surface area contributed by atoms with Gasteiger partial charge in [0.25, 0.3) is 0 Å². The van der Waals surface area contributed by atoms with E-state index in [1.165, 1.54) is 18.7 Å². The van der Waals surface area contributed by atoms with Gasteiger partial charge in [-0.2, -0.15) is 0 Å². The van der Waals surface area contributed by atoms with Crippen LogP contribution in [0, 0.1) is 0 Å². The van der Waals surface area contributed by atoms with Crippen molar-refractivity contribution in [2.24, 2.45) is 0 Å². The molecule has 4 N–H and O–H groups in total. The number of β-amino-alcohol motifs (C(OH)–C–C–N with tert-alkyl or cyclic N) is 1. The van der Waals surface area contributed by atoms with Crippen molar-refractivity contribution in [1.82, 2.24) is 5.32 Å². The van der Waals surface area contributed by atoms with E-state index < -0.39 is 6.10 Å². The molecule has 0 saturated carbocycles. The van der Waals surface area contributed by atoms with E-state index in [2.05, 4.69) is 31.3 Å². The number of rotatable bonds is 8. The van der Waals surface area contributed by atoms with Gasteiger partial charge >= 0.3 is 0 Å². The van der Waals surface area contributed by atoms with E-state index in [9.17, 15) is 15.3 Å². The summed E-state index contributed by atoms with van der Waals surface area (Å²) in [5.74, 6) is -0.539. The Morgan fingerprint density at radius 3 is 2.40 bits per heavy atom. The number of ether oxygens (including phenoxy) is 1. The van der Waals surface area contributed by atoms with Crippen molar-refractivity contribution >= 4 is 0 Å². The predicted octanol–water partition coefficient (Wildman–Crippen LogP) is 3.14. The van der Waals surface area contributed by atoms with Crippen molar-refractivity contribution in [3.05, 3.63) is 53.6 Å². The van der Waals surface area contributed by atoms with Gasteiger partial charge in [0, 0.05) is 17.6 Å². The Hall–Kier alpha value is -2.24. The topological polar surface area (TPSA) is 82.0 Å². The van der Waals surface area contributed by atoms with Crippen LogP contribution in [0.1, 0.15) is 37.5 Å². The molecule has 0 fully saturated rings. The number of hydrogen-bond acceptors (Lipinski definition) is 5. The lowest BCUT2D eigenvalue weighted by Gasteiger charge is -2.28. The Labute approximate surface area is 148 Å². The third-order valence-electron chi connectivity index (χ3n) is 4.36. The minimum absolute atomic E-state index is 0.0939. The Morgan fingerprint density at radius 2 is 1.76 bits per heavy atom. The molecular formula is C20H27NO4. The summed E-state index contributed by atoms with van der Waals surface area (Å²) in [4.78, 5) is 0. The summed E-state index contributed by atoms with van der Waals surface area (Å²) in [6, 6.07) is 13.2. The molecule has 0 aromatic heterocycles. The maximum atomic E-state index is 10.5. The molecule has 5 nitrogen and oxygen atoms in total. The molecule has 2 rings (SSSR count). The molecule has 0 aliphatic heterocycles. The molecule has 0 amide bonds. The second kappa shape index (κ2) is 8.23. The average Bonchev–Trinajstić information content (AvgIpc) is 2.61. The fourth-order valence-electron chi connectivity index (χ4n) is 2.73. The monoisotopic (exact) mass is 345 g/mol. The molecular weight excluding hydrogens is 318 g/mol. The number of methoxy groups -OCH3 is 1. The van der Waals surface area contributed by atoms with Gasteiger partial charge < -0.3 is 25.4 Å². The lowest BCUT2D eigenvalue weighted by atomic mass is 9.94. The van der Waals surface area contributed by atoms with Gasteiger partial charge in [0.15, 0.2) is 11.5 Å². The van der Waals surface area contributed by atoms with E-state index in [1.54, 1.807) is 6.07 Å². The van der Waals surface area contributed by atoms with Crippen molar-refractivity contribution < 1.29 is 20.1 Å². The van der Waals surface area contributed by atoms with Crippen LogP contribution in [-0.4, -0.2) is 34.5 Å². The number of aliphatic hydroxyl groups excluding tert-OH is 1. The third-order valence-corrected chi connectivity index (χ3v) is 4.36. The van der Waals surface area contributed by atoms with E-state index in [1.807, 2.05) is 18.2 Å². The molecule has 136 valence electrons. The van der Waals surface area contributed by atoms with Crippen LogP contribution in [-0.2, 0) is 6.42 Å². The minimum Gasteiger partial charge on any atom is -0.504 e. The average molecular weight is 345 g/mol. The molecule has 0 spiro atoms. The van der Waals surface area contributed by atoms with Crippen LogP contribution >= 0.6 is 0 Å². The molecule has 2 aromatic carbocycles. The second-order valence-corrected chi connectivity index (χ2v) is 6.82. The smallest absolute Gasteiger partial charge is 0.200 e. The van der Waals surface area contributed by atoms with Gasteiger partial charge in [0.1, 0.15) is 0 Å². The Balaban J connectivity index is 1.96. The van der Waals surface area contributed by atoms with Gasteiger partial charge in [-0.3, -0.25) is 0 Å². The fraction of sp³-hybridized carbons (Fsp3) is 0.400. The molecule has 5 heteroatoms. The molecule has 0 radical (unpaired) electrons. The van der Waals surface area contributed by atoms with Gasteiger partial charge in [-0.15, -0.1) is 0 Å². The van der Waals surface area contributed by atoms with Crippen LogP contribution in [0.25, 0.3) is 0 Å². The summed E-state index contributed by atoms with van der Waals surface area (Å²) in [7, 11) is 1.39. The highest BCUT2D eigenvalue weighted by atomic mass is 16.5. The number of phenolic OH excluding ortho intramolecular Hbond substituents is 2. The van der Waals surface area contributed by atoms with Gasteiger partial charge in [-0.05, 0) is 44.4 Å². The molecule has 1 atom stereocenters. The maximum absolute atomic E-state index is 10.5. The first-order valence-corrected chi connectivity index (χ1v) is 8.40. The molecule has 0 heterocycles. The van der Waals surface area contributed by atoms with Crippen LogP contribution in [0.2, 0.25) is 0 Å². The molecule has 0 saturated heterocycles. The number of aliphatic hydroxyl groups is 1. The molecule has 25 heavy (non-hydrogen) atoms. The summed E-state index contributed by atoms with van der Waals surface area (Å²) < 4.78 is 5.12. The lowest BCUT2D eigenvalue weighted by Crippen LogP contribution is -2.42. The van der Waals surface area contributed by atoms with E-state index >= 15 is 0 Å². The maximum Gasteiger partial charge on any atom is 0.200 e. The van der Waals surface area contributed by atoms with Crippen LogP contribution in [0.4, 0.5) is 0 Å². The largest absolute Gasteiger partial charge is 0.504 e. The zero-order valence-corrected chi connectivity index (χ0v) is 15.0. The first kappa shape index (κ1) is 19.1. The number of benzene rings is 2. The van der Waals surface area contributed by atoms with Crippen molar-refractivity contribution in [3.8, 4) is 17.2 Å². The number of aromatic hydroxyl groups is 2. The summed E-state index contributed by atoms with van der Waals surface area (Å²) in [6.07, 6.45) is 1.000. The van der Waals surface area contributed by atoms with Crippen LogP contribution in [0.5, 0.6) is 17.2 Å². The van der Waals surface area contributed by atoms with E-state index in [0.29, 0.717) is 12.1 Å². The van der Waals surface area contributed by atoms with Crippen molar-refractivity contribution in [2.45, 2.75) is 38.3 Å². The first-order valence-electron chi connectivity index (χ1n) is 8.40. The highest BCUT2D eigenvalue weighted by molar-refractivity contribution is 5.54. The number of hydrogen-bond donors (Lipinski definition) is 4. The highest BCUT2D eigenvalue weighted by Crippen LogP contribution is 2.40. The number of aryl methyl sites for hydroxylation is 1. The summed E-state index contributed by atoms with van der Waals surface area (Å²) in [6.45, 7) is 4.49. The molecule has 1 unspecified atom stereocenters. The van der Waals surface area contributed by atoms with E-state index in [-0.39, 0.29) is 22.8 Å². The van der Waals surface area contributed by atoms with Crippen LogP contribution in [0.15, 0.2) is 42.5 Å². The number of nitrogens with one attached hydrogen (secondary N) is 1. The molecule has 2 aromatic rings. The SMILES string of the molecule is COc1c(C(O)CNC(C)(C)CCc2ccccc2)ccc(O)c1O. The van der Waals surface area contributed by atoms with Crippen molar-refractivity contribution in [2.75, 3.05) is 13.7 Å². The fourth-order valence-corrected chi connectivity index (χ4v) is 2.73. The van der Waals surface area contributed by atoms with E-state index in [0.717, 1.165) is 12.8 Å². The highest BCUT2D eigenvalue weighted by Gasteiger charge is 2.22. The summed E-state index contributed by atoms with van der Waals surface area (Å²) >= 11 is 0. The first-order chi connectivity index (χ1) is 11.8. The van der Waals surface area contributed by atoms with Crippen molar-refractivity contribution in [1.29, 1.82) is 0 Å². The normalized spacial score (nSPS) is 12.8. The van der Waals surface area contributed by atoms with Gasteiger partial charge in [0.2, 0.25) is 5.75 Å². The zero-order valence-electron chi connectivity index (χ0n) is 15.0. The minimum atomic E-state index is -0.863. The Kier molecular flexibility index (Phi) is 6.28. The van der Waals surface area contributed by atoms with Crippen molar-refractivity contribution in [3.63, 3.8) is 0 Å². The van der Waals surface area contributed by atoms with Gasteiger partial charge in [0.05, 0.1) is 13.2 Å². The second-order valence-electron chi connectivity index (χ2n) is 6.82. The standard InChI is InChI=1S/C20H27NO4/c1-20(2,12-11-14-7-5-4-6-8-14)21-13-17(23)15-9-10-16(22)18(24)19(15)25-3/h4-10,17,21-24H,11-13H2,1-3H3. The Bertz CT molecular complexity index is 686. The molecule has 0 bridgehead atoms. The lowest BCUT2D eigenvalue weighted by molar-refractivity contribution is 0.154. The molecule has 0 aliphatic rings. The van der Waals surface area contributed by atoms with Crippen LogP contribution < -0.4 is 10.1 Å². The zero-order chi connectivity index (χ0) is 18.4. The summed E-state index contributed by atoms with van der Waals surface area (Å²) in [5.41, 5.74) is 1.55. The number of phenols is 2. The predicted molar refractivity (Wildman–Crippen MR) is 98.1 cm³/mol.